The number of sulfonamides is 1. The average molecular weight is 323 g/mol. The van der Waals surface area contributed by atoms with Crippen LogP contribution in [0.4, 0.5) is 4.39 Å². The molecule has 1 saturated carbocycles. The summed E-state index contributed by atoms with van der Waals surface area (Å²) in [4.78, 5) is -0.291. The first kappa shape index (κ1) is 17.4. The van der Waals surface area contributed by atoms with Crippen LogP contribution in [-0.4, -0.2) is 21.0 Å². The van der Waals surface area contributed by atoms with Crippen molar-refractivity contribution in [1.29, 1.82) is 0 Å². The molecule has 2 atom stereocenters. The molecule has 114 valence electrons. The lowest BCUT2D eigenvalue weighted by Gasteiger charge is -2.19. The van der Waals surface area contributed by atoms with E-state index in [2.05, 4.69) is 4.72 Å². The van der Waals surface area contributed by atoms with Crippen LogP contribution in [0, 0.1) is 18.7 Å². The standard InChI is InChI=1S/C13H19FN2O2S.ClH/c1-9-5-6-13(11(14)7-9)19(17,18)16-12-4-2-3-10(12)8-15;/h5-7,10,12,16H,2-4,8,15H2,1H3;1H. The topological polar surface area (TPSA) is 72.2 Å². The van der Waals surface area contributed by atoms with Gasteiger partial charge >= 0.3 is 0 Å². The van der Waals surface area contributed by atoms with E-state index in [9.17, 15) is 12.8 Å². The van der Waals surface area contributed by atoms with Crippen molar-refractivity contribution in [3.05, 3.63) is 29.6 Å². The second kappa shape index (κ2) is 6.85. The lowest BCUT2D eigenvalue weighted by molar-refractivity contribution is 0.451. The normalized spacial score (nSPS) is 22.6. The van der Waals surface area contributed by atoms with E-state index in [1.165, 1.54) is 12.1 Å². The fourth-order valence-electron chi connectivity index (χ4n) is 2.56. The van der Waals surface area contributed by atoms with Gasteiger partial charge in [-0.1, -0.05) is 12.5 Å². The third kappa shape index (κ3) is 3.69. The number of hydrogen-bond donors (Lipinski definition) is 2. The Hall–Kier alpha value is -0.690. The van der Waals surface area contributed by atoms with Crippen molar-refractivity contribution in [2.24, 2.45) is 11.7 Å². The Labute approximate surface area is 125 Å². The maximum absolute atomic E-state index is 13.8. The quantitative estimate of drug-likeness (QED) is 0.890. The molecule has 20 heavy (non-hydrogen) atoms. The van der Waals surface area contributed by atoms with Crippen LogP contribution in [0.5, 0.6) is 0 Å². The molecule has 0 spiro atoms. The molecule has 7 heteroatoms. The molecule has 1 aromatic rings. The highest BCUT2D eigenvalue weighted by Crippen LogP contribution is 2.26. The van der Waals surface area contributed by atoms with Gasteiger partial charge in [0.1, 0.15) is 10.7 Å². The third-order valence-corrected chi connectivity index (χ3v) is 5.17. The van der Waals surface area contributed by atoms with Gasteiger partial charge in [-0.25, -0.2) is 17.5 Å². The average Bonchev–Trinajstić information content (AvgIpc) is 2.74. The van der Waals surface area contributed by atoms with E-state index in [4.69, 9.17) is 5.73 Å². The summed E-state index contributed by atoms with van der Waals surface area (Å²) in [7, 11) is -3.81. The number of hydrogen-bond acceptors (Lipinski definition) is 3. The molecule has 1 aliphatic rings. The molecule has 0 aromatic heterocycles. The van der Waals surface area contributed by atoms with Gasteiger partial charge in [-0.05, 0) is 49.9 Å². The number of rotatable bonds is 4. The Balaban J connectivity index is 0.00000200. The van der Waals surface area contributed by atoms with E-state index in [0.717, 1.165) is 19.3 Å². The van der Waals surface area contributed by atoms with Crippen molar-refractivity contribution in [3.8, 4) is 0 Å². The minimum atomic E-state index is -3.81. The second-order valence-electron chi connectivity index (χ2n) is 5.09. The molecular formula is C13H20ClFN2O2S. The van der Waals surface area contributed by atoms with Crippen LogP contribution in [-0.2, 0) is 10.0 Å². The van der Waals surface area contributed by atoms with Crippen LogP contribution < -0.4 is 10.5 Å². The summed E-state index contributed by atoms with van der Waals surface area (Å²) in [6, 6.07) is 3.94. The van der Waals surface area contributed by atoms with Crippen molar-refractivity contribution in [1.82, 2.24) is 4.72 Å². The first-order valence-corrected chi connectivity index (χ1v) is 7.91. The largest absolute Gasteiger partial charge is 0.330 e. The molecule has 1 aromatic carbocycles. The smallest absolute Gasteiger partial charge is 0.243 e. The minimum Gasteiger partial charge on any atom is -0.330 e. The van der Waals surface area contributed by atoms with E-state index in [1.807, 2.05) is 0 Å². The zero-order chi connectivity index (χ0) is 14.0. The Kier molecular flexibility index (Phi) is 5.94. The van der Waals surface area contributed by atoms with Gasteiger partial charge in [-0.15, -0.1) is 12.4 Å². The van der Waals surface area contributed by atoms with Gasteiger partial charge < -0.3 is 5.73 Å². The van der Waals surface area contributed by atoms with E-state index < -0.39 is 15.8 Å². The van der Waals surface area contributed by atoms with Gasteiger partial charge in [-0.2, -0.15) is 0 Å². The molecule has 1 aliphatic carbocycles. The van der Waals surface area contributed by atoms with Crippen molar-refractivity contribution in [3.63, 3.8) is 0 Å². The Bertz CT molecular complexity index is 565. The molecule has 2 rings (SSSR count). The highest BCUT2D eigenvalue weighted by atomic mass is 35.5. The molecule has 3 N–H and O–H groups in total. The highest BCUT2D eigenvalue weighted by Gasteiger charge is 2.31. The maximum atomic E-state index is 13.8. The predicted molar refractivity (Wildman–Crippen MR) is 78.9 cm³/mol. The van der Waals surface area contributed by atoms with Crippen LogP contribution in [0.3, 0.4) is 0 Å². The molecule has 4 nitrogen and oxygen atoms in total. The second-order valence-corrected chi connectivity index (χ2v) is 6.77. The summed E-state index contributed by atoms with van der Waals surface area (Å²) in [5.41, 5.74) is 6.31. The van der Waals surface area contributed by atoms with Gasteiger partial charge in [0.15, 0.2) is 0 Å². The summed E-state index contributed by atoms with van der Waals surface area (Å²) in [6.07, 6.45) is 2.63. The lowest BCUT2D eigenvalue weighted by Crippen LogP contribution is -2.40. The molecule has 0 aliphatic heterocycles. The molecule has 0 heterocycles. The lowest BCUT2D eigenvalue weighted by atomic mass is 10.1. The highest BCUT2D eigenvalue weighted by molar-refractivity contribution is 7.89. The molecule has 0 saturated heterocycles. The predicted octanol–water partition coefficient (Wildman–Crippen LogP) is 1.96. The van der Waals surface area contributed by atoms with E-state index in [1.54, 1.807) is 13.0 Å². The number of aryl methyl sites for hydroxylation is 1. The fraction of sp³-hybridized carbons (Fsp3) is 0.538. The van der Waals surface area contributed by atoms with Crippen LogP contribution in [0.15, 0.2) is 23.1 Å². The van der Waals surface area contributed by atoms with Crippen LogP contribution >= 0.6 is 12.4 Å². The van der Waals surface area contributed by atoms with Gasteiger partial charge in [0.25, 0.3) is 0 Å². The van der Waals surface area contributed by atoms with E-state index >= 15 is 0 Å². The number of benzene rings is 1. The Morgan fingerprint density at radius 1 is 1.40 bits per heavy atom. The van der Waals surface area contributed by atoms with Crippen LogP contribution in [0.1, 0.15) is 24.8 Å². The molecule has 0 amide bonds. The van der Waals surface area contributed by atoms with Crippen molar-refractivity contribution in [2.45, 2.75) is 37.1 Å². The minimum absolute atomic E-state index is 0. The molecule has 1 fully saturated rings. The van der Waals surface area contributed by atoms with Crippen molar-refractivity contribution in [2.75, 3.05) is 6.54 Å². The zero-order valence-electron chi connectivity index (χ0n) is 11.3. The van der Waals surface area contributed by atoms with Crippen LogP contribution in [0.25, 0.3) is 0 Å². The summed E-state index contributed by atoms with van der Waals surface area (Å²) >= 11 is 0. The molecule has 0 radical (unpaired) electrons. The van der Waals surface area contributed by atoms with Crippen LogP contribution in [0.2, 0.25) is 0 Å². The Morgan fingerprint density at radius 3 is 2.70 bits per heavy atom. The third-order valence-electron chi connectivity index (χ3n) is 3.65. The molecule has 2 unspecified atom stereocenters. The van der Waals surface area contributed by atoms with Gasteiger partial charge in [0, 0.05) is 6.04 Å². The first-order chi connectivity index (χ1) is 8.94. The summed E-state index contributed by atoms with van der Waals surface area (Å²) < 4.78 is 40.7. The summed E-state index contributed by atoms with van der Waals surface area (Å²) in [5.74, 6) is -0.571. The summed E-state index contributed by atoms with van der Waals surface area (Å²) in [6.45, 7) is 2.16. The first-order valence-electron chi connectivity index (χ1n) is 6.42. The summed E-state index contributed by atoms with van der Waals surface area (Å²) in [5, 5.41) is 0. The zero-order valence-corrected chi connectivity index (χ0v) is 12.9. The molecule has 0 bridgehead atoms. The Morgan fingerprint density at radius 2 is 2.10 bits per heavy atom. The fourth-order valence-corrected chi connectivity index (χ4v) is 3.96. The van der Waals surface area contributed by atoms with Crippen molar-refractivity contribution >= 4 is 22.4 Å². The van der Waals surface area contributed by atoms with Gasteiger partial charge in [0.05, 0.1) is 0 Å². The van der Waals surface area contributed by atoms with Gasteiger partial charge in [-0.3, -0.25) is 0 Å². The number of nitrogens with two attached hydrogens (primary N) is 1. The van der Waals surface area contributed by atoms with Gasteiger partial charge in [0.2, 0.25) is 10.0 Å². The van der Waals surface area contributed by atoms with Crippen molar-refractivity contribution < 1.29 is 12.8 Å². The maximum Gasteiger partial charge on any atom is 0.243 e. The van der Waals surface area contributed by atoms with E-state index in [-0.39, 0.29) is 29.3 Å². The SMILES string of the molecule is Cc1ccc(S(=O)(=O)NC2CCCC2CN)c(F)c1.Cl. The number of halogens is 2. The number of nitrogens with one attached hydrogen (secondary N) is 1. The molecular weight excluding hydrogens is 303 g/mol. The van der Waals surface area contributed by atoms with E-state index in [0.29, 0.717) is 12.1 Å². The monoisotopic (exact) mass is 322 g/mol.